The van der Waals surface area contributed by atoms with Crippen LogP contribution in [0.2, 0.25) is 0 Å². The Morgan fingerprint density at radius 3 is 2.81 bits per heavy atom. The average Bonchev–Trinajstić information content (AvgIpc) is 2.21. The Balaban J connectivity index is 2.82. The van der Waals surface area contributed by atoms with Crippen LogP contribution in [0.15, 0.2) is 18.2 Å². The molecule has 0 heterocycles. The van der Waals surface area contributed by atoms with Crippen molar-refractivity contribution in [3.8, 4) is 0 Å². The van der Waals surface area contributed by atoms with Crippen LogP contribution >= 0.6 is 11.8 Å². The SMILES string of the molecule is CSCC(=O)Nc1ccc(F)c(B(O)O)c1. The minimum absolute atomic E-state index is 0.225. The Morgan fingerprint density at radius 2 is 2.25 bits per heavy atom. The van der Waals surface area contributed by atoms with E-state index in [4.69, 9.17) is 10.0 Å². The van der Waals surface area contributed by atoms with Crippen LogP contribution in [0.1, 0.15) is 0 Å². The molecule has 0 radical (unpaired) electrons. The van der Waals surface area contributed by atoms with Crippen molar-refractivity contribution in [3.05, 3.63) is 24.0 Å². The molecule has 1 amide bonds. The van der Waals surface area contributed by atoms with E-state index in [-0.39, 0.29) is 17.1 Å². The van der Waals surface area contributed by atoms with Gasteiger partial charge in [0.05, 0.1) is 5.75 Å². The van der Waals surface area contributed by atoms with E-state index in [9.17, 15) is 9.18 Å². The maximum Gasteiger partial charge on any atom is 0.491 e. The van der Waals surface area contributed by atoms with E-state index in [1.54, 1.807) is 6.26 Å². The molecule has 0 aliphatic carbocycles. The minimum atomic E-state index is -1.89. The highest BCUT2D eigenvalue weighted by Crippen LogP contribution is 2.08. The zero-order chi connectivity index (χ0) is 12.1. The van der Waals surface area contributed by atoms with Gasteiger partial charge < -0.3 is 15.4 Å². The first-order chi connectivity index (χ1) is 7.54. The summed E-state index contributed by atoms with van der Waals surface area (Å²) in [6.45, 7) is 0. The third-order valence-electron chi connectivity index (χ3n) is 1.83. The number of thioether (sulfide) groups is 1. The van der Waals surface area contributed by atoms with E-state index >= 15 is 0 Å². The number of nitrogens with one attached hydrogen (secondary N) is 1. The van der Waals surface area contributed by atoms with Crippen molar-refractivity contribution in [2.75, 3.05) is 17.3 Å². The number of hydrogen-bond acceptors (Lipinski definition) is 4. The highest BCUT2D eigenvalue weighted by Gasteiger charge is 2.17. The van der Waals surface area contributed by atoms with Crippen LogP contribution < -0.4 is 10.8 Å². The van der Waals surface area contributed by atoms with Gasteiger partial charge in [0.2, 0.25) is 5.91 Å². The summed E-state index contributed by atoms with van der Waals surface area (Å²) in [5.41, 5.74) is 0.0745. The van der Waals surface area contributed by atoms with Gasteiger partial charge in [-0.1, -0.05) is 0 Å². The Kier molecular flexibility index (Phi) is 4.79. The number of benzene rings is 1. The first-order valence-corrected chi connectivity index (χ1v) is 5.88. The number of anilines is 1. The van der Waals surface area contributed by atoms with Crippen molar-refractivity contribution < 1.29 is 19.2 Å². The Bertz CT molecular complexity index is 389. The molecule has 0 saturated heterocycles. The second-order valence-corrected chi connectivity index (χ2v) is 3.96. The van der Waals surface area contributed by atoms with E-state index in [1.807, 2.05) is 0 Å². The number of carbonyl (C=O) groups is 1. The molecule has 0 saturated carbocycles. The Morgan fingerprint density at radius 1 is 1.56 bits per heavy atom. The van der Waals surface area contributed by atoms with Crippen molar-refractivity contribution in [2.45, 2.75) is 0 Å². The van der Waals surface area contributed by atoms with Gasteiger partial charge in [0.1, 0.15) is 5.82 Å². The van der Waals surface area contributed by atoms with Crippen molar-refractivity contribution in [1.82, 2.24) is 0 Å². The molecule has 0 aromatic heterocycles. The van der Waals surface area contributed by atoms with Gasteiger partial charge in [-0.3, -0.25) is 4.79 Å². The molecule has 7 heteroatoms. The fourth-order valence-corrected chi connectivity index (χ4v) is 1.48. The molecule has 0 aliphatic heterocycles. The standard InChI is InChI=1S/C9H11BFNO3S/c1-16-5-9(13)12-6-2-3-8(11)7(4-6)10(14)15/h2-4,14-15H,5H2,1H3,(H,12,13). The van der Waals surface area contributed by atoms with Crippen molar-refractivity contribution in [2.24, 2.45) is 0 Å². The van der Waals surface area contributed by atoms with E-state index in [2.05, 4.69) is 5.32 Å². The van der Waals surface area contributed by atoms with Crippen molar-refractivity contribution in [3.63, 3.8) is 0 Å². The fourth-order valence-electron chi connectivity index (χ4n) is 1.15. The molecule has 0 spiro atoms. The molecule has 0 aliphatic rings. The summed E-state index contributed by atoms with van der Waals surface area (Å²) in [5, 5.41) is 20.2. The Labute approximate surface area is 97.0 Å². The lowest BCUT2D eigenvalue weighted by atomic mass is 9.79. The van der Waals surface area contributed by atoms with Crippen LogP contribution in [-0.2, 0) is 4.79 Å². The maximum absolute atomic E-state index is 13.1. The lowest BCUT2D eigenvalue weighted by Gasteiger charge is -2.07. The summed E-state index contributed by atoms with van der Waals surface area (Å²) >= 11 is 1.36. The predicted octanol–water partition coefficient (Wildman–Crippen LogP) is -0.193. The first kappa shape index (κ1) is 13.0. The molecule has 3 N–H and O–H groups in total. The average molecular weight is 243 g/mol. The van der Waals surface area contributed by atoms with E-state index in [1.165, 1.54) is 23.9 Å². The zero-order valence-electron chi connectivity index (χ0n) is 8.61. The van der Waals surface area contributed by atoms with E-state index in [0.29, 0.717) is 5.69 Å². The van der Waals surface area contributed by atoms with Gasteiger partial charge in [0.15, 0.2) is 0 Å². The highest BCUT2D eigenvalue weighted by molar-refractivity contribution is 7.99. The van der Waals surface area contributed by atoms with Crippen LogP contribution in [0.4, 0.5) is 10.1 Å². The second kappa shape index (κ2) is 5.88. The summed E-state index contributed by atoms with van der Waals surface area (Å²) in [5.74, 6) is -0.663. The molecule has 0 unspecified atom stereocenters. The first-order valence-electron chi connectivity index (χ1n) is 4.49. The maximum atomic E-state index is 13.1. The topological polar surface area (TPSA) is 69.6 Å². The fraction of sp³-hybridized carbons (Fsp3) is 0.222. The van der Waals surface area contributed by atoms with Gasteiger partial charge in [-0.15, -0.1) is 0 Å². The van der Waals surface area contributed by atoms with E-state index in [0.717, 1.165) is 6.07 Å². The molecule has 0 atom stereocenters. The molecular weight excluding hydrogens is 232 g/mol. The third kappa shape index (κ3) is 3.51. The van der Waals surface area contributed by atoms with Gasteiger partial charge >= 0.3 is 7.12 Å². The second-order valence-electron chi connectivity index (χ2n) is 3.09. The van der Waals surface area contributed by atoms with Crippen LogP contribution in [0.5, 0.6) is 0 Å². The molecule has 0 fully saturated rings. The molecule has 1 aromatic carbocycles. The van der Waals surface area contributed by atoms with Crippen molar-refractivity contribution >= 4 is 35.9 Å². The monoisotopic (exact) mass is 243 g/mol. The molecule has 1 rings (SSSR count). The van der Waals surface area contributed by atoms with E-state index < -0.39 is 12.9 Å². The van der Waals surface area contributed by atoms with Gasteiger partial charge in [-0.25, -0.2) is 4.39 Å². The number of hydrogen-bond donors (Lipinski definition) is 3. The molecule has 86 valence electrons. The molecule has 16 heavy (non-hydrogen) atoms. The normalized spacial score (nSPS) is 10.0. The largest absolute Gasteiger partial charge is 0.491 e. The third-order valence-corrected chi connectivity index (χ3v) is 2.38. The molecule has 4 nitrogen and oxygen atoms in total. The predicted molar refractivity (Wildman–Crippen MR) is 63.2 cm³/mol. The lowest BCUT2D eigenvalue weighted by molar-refractivity contribution is -0.113. The zero-order valence-corrected chi connectivity index (χ0v) is 9.42. The highest BCUT2D eigenvalue weighted by atomic mass is 32.2. The Hall–Kier alpha value is -1.05. The minimum Gasteiger partial charge on any atom is -0.423 e. The summed E-state index contributed by atoms with van der Waals surface area (Å²) in [7, 11) is -1.89. The van der Waals surface area contributed by atoms with Crippen LogP contribution in [0, 0.1) is 5.82 Å². The summed E-state index contributed by atoms with van der Waals surface area (Å²) in [4.78, 5) is 11.2. The van der Waals surface area contributed by atoms with Crippen LogP contribution in [-0.4, -0.2) is 35.1 Å². The number of amides is 1. The van der Waals surface area contributed by atoms with Gasteiger partial charge in [0.25, 0.3) is 0 Å². The van der Waals surface area contributed by atoms with Crippen molar-refractivity contribution in [1.29, 1.82) is 0 Å². The molecular formula is C9H11BFNO3S. The summed E-state index contributed by atoms with van der Waals surface area (Å²) < 4.78 is 13.1. The molecule has 1 aromatic rings. The number of carbonyl (C=O) groups excluding carboxylic acids is 1. The van der Waals surface area contributed by atoms with Gasteiger partial charge in [-0.05, 0) is 24.5 Å². The van der Waals surface area contributed by atoms with Gasteiger partial charge in [0, 0.05) is 11.2 Å². The number of halogens is 1. The van der Waals surface area contributed by atoms with Gasteiger partial charge in [-0.2, -0.15) is 11.8 Å². The number of rotatable bonds is 4. The summed E-state index contributed by atoms with van der Waals surface area (Å²) in [6, 6.07) is 3.63. The summed E-state index contributed by atoms with van der Waals surface area (Å²) in [6.07, 6.45) is 1.78. The van der Waals surface area contributed by atoms with Crippen LogP contribution in [0.25, 0.3) is 0 Å². The lowest BCUT2D eigenvalue weighted by Crippen LogP contribution is -2.33. The molecule has 0 bridgehead atoms. The van der Waals surface area contributed by atoms with Crippen LogP contribution in [0.3, 0.4) is 0 Å². The smallest absolute Gasteiger partial charge is 0.423 e. The quantitative estimate of drug-likeness (QED) is 0.641.